The lowest BCUT2D eigenvalue weighted by atomic mass is 10.3. The van der Waals surface area contributed by atoms with Crippen molar-refractivity contribution in [1.82, 2.24) is 10.6 Å². The molecule has 0 heterocycles. The molecular formula is C16H27ClIN3O3. The molecule has 0 amide bonds. The Morgan fingerprint density at radius 1 is 1.04 bits per heavy atom. The van der Waals surface area contributed by atoms with Crippen molar-refractivity contribution < 1.29 is 14.2 Å². The van der Waals surface area contributed by atoms with Gasteiger partial charge in [0, 0.05) is 32.3 Å². The van der Waals surface area contributed by atoms with E-state index in [1.807, 2.05) is 12.1 Å². The van der Waals surface area contributed by atoms with Gasteiger partial charge in [-0.3, -0.25) is 4.99 Å². The number of guanidine groups is 1. The number of benzene rings is 1. The van der Waals surface area contributed by atoms with Crippen LogP contribution in [0, 0.1) is 0 Å². The number of halogens is 2. The Labute approximate surface area is 166 Å². The zero-order chi connectivity index (χ0) is 16.8. The molecule has 0 spiro atoms. The second kappa shape index (κ2) is 15.7. The summed E-state index contributed by atoms with van der Waals surface area (Å²) in [4.78, 5) is 4.15. The molecule has 138 valence electrons. The Balaban J connectivity index is 0.00000529. The van der Waals surface area contributed by atoms with Crippen LogP contribution in [0.2, 0.25) is 5.02 Å². The van der Waals surface area contributed by atoms with Gasteiger partial charge in [-0.1, -0.05) is 11.6 Å². The van der Waals surface area contributed by atoms with E-state index in [0.29, 0.717) is 38.0 Å². The van der Waals surface area contributed by atoms with Crippen molar-refractivity contribution in [3.63, 3.8) is 0 Å². The monoisotopic (exact) mass is 471 g/mol. The van der Waals surface area contributed by atoms with E-state index in [0.717, 1.165) is 24.7 Å². The molecule has 1 rings (SSSR count). The smallest absolute Gasteiger partial charge is 0.191 e. The average Bonchev–Trinajstić information content (AvgIpc) is 2.57. The van der Waals surface area contributed by atoms with Crippen LogP contribution in [-0.2, 0) is 9.47 Å². The van der Waals surface area contributed by atoms with E-state index in [1.165, 1.54) is 0 Å². The van der Waals surface area contributed by atoms with Crippen LogP contribution in [0.4, 0.5) is 0 Å². The summed E-state index contributed by atoms with van der Waals surface area (Å²) in [7, 11) is 3.40. The Bertz CT molecular complexity index is 447. The summed E-state index contributed by atoms with van der Waals surface area (Å²) >= 11 is 5.82. The first-order valence-corrected chi connectivity index (χ1v) is 8.03. The molecule has 6 nitrogen and oxygen atoms in total. The molecule has 1 aromatic carbocycles. The zero-order valence-corrected chi connectivity index (χ0v) is 17.3. The van der Waals surface area contributed by atoms with Crippen molar-refractivity contribution in [3.05, 3.63) is 29.3 Å². The third-order valence-corrected chi connectivity index (χ3v) is 3.14. The second-order valence-electron chi connectivity index (χ2n) is 4.69. The summed E-state index contributed by atoms with van der Waals surface area (Å²) in [5.74, 6) is 1.55. The summed E-state index contributed by atoms with van der Waals surface area (Å²) in [5, 5.41) is 7.11. The first kappa shape index (κ1) is 23.2. The summed E-state index contributed by atoms with van der Waals surface area (Å²) in [6.45, 7) is 3.96. The van der Waals surface area contributed by atoms with E-state index in [-0.39, 0.29) is 24.0 Å². The predicted octanol–water partition coefficient (Wildman–Crippen LogP) is 2.55. The van der Waals surface area contributed by atoms with Crippen LogP contribution in [-0.4, -0.2) is 59.6 Å². The second-order valence-corrected chi connectivity index (χ2v) is 5.12. The normalized spacial score (nSPS) is 10.9. The Kier molecular flexibility index (Phi) is 15.2. The molecule has 0 atom stereocenters. The highest BCUT2D eigenvalue weighted by molar-refractivity contribution is 14.0. The van der Waals surface area contributed by atoms with E-state index < -0.39 is 0 Å². The lowest BCUT2D eigenvalue weighted by Gasteiger charge is -2.12. The lowest BCUT2D eigenvalue weighted by molar-refractivity contribution is 0.0698. The topological polar surface area (TPSA) is 64.1 Å². The standard InChI is InChI=1S/C16H26ClN3O3.HI/c1-18-16(19-8-3-10-22-13-12-21-2)20-9-11-23-15-6-4-14(17)5-7-15;/h4-7H,3,8-13H2,1-2H3,(H2,18,19,20);1H. The molecule has 0 saturated heterocycles. The predicted molar refractivity (Wildman–Crippen MR) is 109 cm³/mol. The van der Waals surface area contributed by atoms with Crippen molar-refractivity contribution in [3.8, 4) is 5.75 Å². The Hall–Kier alpha value is -0.770. The molecule has 0 saturated carbocycles. The number of nitrogens with zero attached hydrogens (tertiary/aromatic N) is 1. The zero-order valence-electron chi connectivity index (χ0n) is 14.2. The third-order valence-electron chi connectivity index (χ3n) is 2.89. The van der Waals surface area contributed by atoms with E-state index >= 15 is 0 Å². The first-order chi connectivity index (χ1) is 11.3. The maximum atomic E-state index is 5.82. The van der Waals surface area contributed by atoms with E-state index in [4.69, 9.17) is 25.8 Å². The fourth-order valence-corrected chi connectivity index (χ4v) is 1.84. The average molecular weight is 472 g/mol. The number of hydrogen-bond acceptors (Lipinski definition) is 4. The van der Waals surface area contributed by atoms with Crippen LogP contribution in [0.25, 0.3) is 0 Å². The van der Waals surface area contributed by atoms with Crippen LogP contribution < -0.4 is 15.4 Å². The maximum absolute atomic E-state index is 5.82. The summed E-state index contributed by atoms with van der Waals surface area (Å²) < 4.78 is 15.9. The van der Waals surface area contributed by atoms with Crippen LogP contribution in [0.15, 0.2) is 29.3 Å². The van der Waals surface area contributed by atoms with Gasteiger partial charge in [0.25, 0.3) is 0 Å². The fourth-order valence-electron chi connectivity index (χ4n) is 1.72. The summed E-state index contributed by atoms with van der Waals surface area (Å²) in [6.07, 6.45) is 0.908. The molecule has 0 aliphatic rings. The van der Waals surface area contributed by atoms with Crippen LogP contribution in [0.5, 0.6) is 5.75 Å². The highest BCUT2D eigenvalue weighted by atomic mass is 127. The van der Waals surface area contributed by atoms with Gasteiger partial charge in [0.05, 0.1) is 19.8 Å². The van der Waals surface area contributed by atoms with Gasteiger partial charge in [0.1, 0.15) is 12.4 Å². The van der Waals surface area contributed by atoms with Crippen molar-refractivity contribution in [1.29, 1.82) is 0 Å². The highest BCUT2D eigenvalue weighted by Crippen LogP contribution is 2.14. The van der Waals surface area contributed by atoms with Gasteiger partial charge in [0.2, 0.25) is 0 Å². The van der Waals surface area contributed by atoms with E-state index in [1.54, 1.807) is 26.3 Å². The Morgan fingerprint density at radius 2 is 1.75 bits per heavy atom. The molecule has 8 heteroatoms. The maximum Gasteiger partial charge on any atom is 0.191 e. The van der Waals surface area contributed by atoms with Gasteiger partial charge in [0.15, 0.2) is 5.96 Å². The van der Waals surface area contributed by atoms with E-state index in [2.05, 4.69) is 15.6 Å². The minimum atomic E-state index is 0. The number of rotatable bonds is 11. The van der Waals surface area contributed by atoms with Gasteiger partial charge in [-0.2, -0.15) is 0 Å². The van der Waals surface area contributed by atoms with Crippen molar-refractivity contribution in [2.45, 2.75) is 6.42 Å². The number of aliphatic imine (C=N–C) groups is 1. The molecule has 0 aliphatic heterocycles. The van der Waals surface area contributed by atoms with Gasteiger partial charge in [-0.25, -0.2) is 0 Å². The van der Waals surface area contributed by atoms with E-state index in [9.17, 15) is 0 Å². The number of hydrogen-bond donors (Lipinski definition) is 2. The molecular weight excluding hydrogens is 445 g/mol. The molecule has 0 fully saturated rings. The minimum absolute atomic E-state index is 0. The van der Waals surface area contributed by atoms with Crippen LogP contribution >= 0.6 is 35.6 Å². The fraction of sp³-hybridized carbons (Fsp3) is 0.562. The molecule has 24 heavy (non-hydrogen) atoms. The molecule has 1 aromatic rings. The number of nitrogens with one attached hydrogen (secondary N) is 2. The Morgan fingerprint density at radius 3 is 2.42 bits per heavy atom. The van der Waals surface area contributed by atoms with Gasteiger partial charge in [-0.05, 0) is 30.7 Å². The molecule has 2 N–H and O–H groups in total. The summed E-state index contributed by atoms with van der Waals surface area (Å²) in [6, 6.07) is 7.30. The molecule has 0 unspecified atom stereocenters. The molecule has 0 aromatic heterocycles. The largest absolute Gasteiger partial charge is 0.492 e. The summed E-state index contributed by atoms with van der Waals surface area (Å²) in [5.41, 5.74) is 0. The quantitative estimate of drug-likeness (QED) is 0.225. The number of methoxy groups -OCH3 is 1. The van der Waals surface area contributed by atoms with Crippen LogP contribution in [0.1, 0.15) is 6.42 Å². The van der Waals surface area contributed by atoms with Gasteiger partial charge in [-0.15, -0.1) is 24.0 Å². The highest BCUT2D eigenvalue weighted by Gasteiger charge is 1.98. The number of ether oxygens (including phenoxy) is 3. The first-order valence-electron chi connectivity index (χ1n) is 7.66. The molecule has 0 radical (unpaired) electrons. The van der Waals surface area contributed by atoms with Gasteiger partial charge < -0.3 is 24.8 Å². The minimum Gasteiger partial charge on any atom is -0.492 e. The third kappa shape index (κ3) is 11.7. The SMILES string of the molecule is CN=C(NCCCOCCOC)NCCOc1ccc(Cl)cc1.I. The van der Waals surface area contributed by atoms with Gasteiger partial charge >= 0.3 is 0 Å². The van der Waals surface area contributed by atoms with Crippen molar-refractivity contribution in [2.24, 2.45) is 4.99 Å². The van der Waals surface area contributed by atoms with Crippen molar-refractivity contribution >= 4 is 41.5 Å². The molecule has 0 bridgehead atoms. The van der Waals surface area contributed by atoms with Crippen molar-refractivity contribution in [2.75, 3.05) is 53.7 Å². The molecule has 0 aliphatic carbocycles. The lowest BCUT2D eigenvalue weighted by Crippen LogP contribution is -2.39. The van der Waals surface area contributed by atoms with Crippen LogP contribution in [0.3, 0.4) is 0 Å².